The molecule has 12 heteroatoms. The molecule has 2 aliphatic heterocycles. The molecule has 1 aromatic carbocycles. The van der Waals surface area contributed by atoms with E-state index in [1.807, 2.05) is 16.7 Å². The molecule has 0 radical (unpaired) electrons. The first-order chi connectivity index (χ1) is 16.7. The zero-order valence-electron chi connectivity index (χ0n) is 18.9. The third-order valence-corrected chi connectivity index (χ3v) is 5.83. The van der Waals surface area contributed by atoms with Crippen LogP contribution >= 0.6 is 0 Å². The smallest absolute Gasteiger partial charge is 0.283 e. The van der Waals surface area contributed by atoms with Gasteiger partial charge in [-0.3, -0.25) is 14.3 Å². The van der Waals surface area contributed by atoms with Crippen molar-refractivity contribution >= 4 is 22.6 Å². The van der Waals surface area contributed by atoms with Gasteiger partial charge in [0.25, 0.3) is 5.91 Å². The molecular weight excluding hydrogens is 440 g/mol. The van der Waals surface area contributed by atoms with E-state index in [2.05, 4.69) is 30.6 Å². The lowest BCUT2D eigenvalue weighted by Crippen LogP contribution is -2.37. The van der Waals surface area contributed by atoms with E-state index in [1.54, 1.807) is 7.11 Å². The number of fused-ring (bicyclic) bond motifs is 3. The Morgan fingerprint density at radius 1 is 1.21 bits per heavy atom. The Balaban J connectivity index is 1.44. The molecule has 34 heavy (non-hydrogen) atoms. The monoisotopic (exact) mass is 466 g/mol. The molecule has 3 aromatic rings. The molecule has 0 aliphatic carbocycles. The third kappa shape index (κ3) is 4.54. The highest BCUT2D eigenvalue weighted by molar-refractivity contribution is 5.96. The molecule has 1 saturated heterocycles. The van der Waals surface area contributed by atoms with Crippen LogP contribution in [0.3, 0.4) is 0 Å². The highest BCUT2D eigenvalue weighted by Crippen LogP contribution is 2.37. The number of carbonyl (C=O) groups is 1. The fourth-order valence-corrected chi connectivity index (χ4v) is 4.15. The van der Waals surface area contributed by atoms with Crippen LogP contribution in [0.1, 0.15) is 16.8 Å². The number of nitrogens with one attached hydrogen (secondary N) is 1. The molecule has 0 spiro atoms. The number of aromatic nitrogens is 5. The summed E-state index contributed by atoms with van der Waals surface area (Å²) in [5, 5.41) is 15.0. The highest BCUT2D eigenvalue weighted by atomic mass is 16.5. The second-order valence-corrected chi connectivity index (χ2v) is 7.94. The first-order valence-electron chi connectivity index (χ1n) is 11.3. The number of methoxy groups -OCH3 is 1. The summed E-state index contributed by atoms with van der Waals surface area (Å²) in [4.78, 5) is 24.0. The van der Waals surface area contributed by atoms with Crippen LogP contribution in [0.4, 0.5) is 5.82 Å². The maximum Gasteiger partial charge on any atom is 0.283 e. The van der Waals surface area contributed by atoms with Gasteiger partial charge in [-0.05, 0) is 23.8 Å². The van der Waals surface area contributed by atoms with Crippen molar-refractivity contribution in [3.05, 3.63) is 35.7 Å². The van der Waals surface area contributed by atoms with Crippen molar-refractivity contribution in [2.45, 2.75) is 13.0 Å². The van der Waals surface area contributed by atoms with Crippen molar-refractivity contribution in [3.8, 4) is 11.5 Å². The zero-order valence-corrected chi connectivity index (χ0v) is 18.9. The van der Waals surface area contributed by atoms with Gasteiger partial charge in [-0.25, -0.2) is 4.98 Å². The highest BCUT2D eigenvalue weighted by Gasteiger charge is 2.21. The Kier molecular flexibility index (Phi) is 6.58. The van der Waals surface area contributed by atoms with Gasteiger partial charge in [0.05, 0.1) is 44.9 Å². The van der Waals surface area contributed by atoms with Crippen LogP contribution in [0.25, 0.3) is 10.9 Å². The molecule has 0 saturated carbocycles. The topological polar surface area (TPSA) is 129 Å². The van der Waals surface area contributed by atoms with Crippen LogP contribution in [0, 0.1) is 0 Å². The number of morpholine rings is 1. The summed E-state index contributed by atoms with van der Waals surface area (Å²) in [6.45, 7) is 6.32. The second kappa shape index (κ2) is 10.1. The summed E-state index contributed by atoms with van der Waals surface area (Å²) in [6.07, 6.45) is 3.54. The number of anilines is 1. The number of benzene rings is 1. The predicted molar refractivity (Wildman–Crippen MR) is 122 cm³/mol. The standard InChI is InChI=1S/C22H26N8O4/c1-32-19-17(34-10-2-6-29-8-11-33-12-9-29)4-3-16-18(19)26-22(30-7-5-23-20(16)30)27-21(31)15-13-24-28-25-14-15/h3-4,13-14,23H,2,5-12H2,1H3. The van der Waals surface area contributed by atoms with E-state index < -0.39 is 5.91 Å². The molecule has 178 valence electrons. The minimum absolute atomic E-state index is 0.238. The summed E-state index contributed by atoms with van der Waals surface area (Å²) in [5.41, 5.74) is 1.09. The van der Waals surface area contributed by atoms with Gasteiger partial charge >= 0.3 is 0 Å². The number of hydrogen-bond donors (Lipinski definition) is 1. The van der Waals surface area contributed by atoms with Gasteiger partial charge in [-0.15, -0.1) is 10.2 Å². The first-order valence-corrected chi connectivity index (χ1v) is 11.3. The summed E-state index contributed by atoms with van der Waals surface area (Å²) < 4.78 is 19.0. The van der Waals surface area contributed by atoms with E-state index in [0.29, 0.717) is 36.7 Å². The lowest BCUT2D eigenvalue weighted by molar-refractivity contribution is 0.0357. The minimum atomic E-state index is -0.495. The number of hydrogen-bond acceptors (Lipinski definition) is 10. The van der Waals surface area contributed by atoms with Crippen LogP contribution in [0.2, 0.25) is 0 Å². The lowest BCUT2D eigenvalue weighted by Gasteiger charge is -2.26. The maximum absolute atomic E-state index is 12.7. The normalized spacial score (nSPS) is 16.3. The fourth-order valence-electron chi connectivity index (χ4n) is 4.15. The molecule has 0 atom stereocenters. The second-order valence-electron chi connectivity index (χ2n) is 7.94. The van der Waals surface area contributed by atoms with E-state index >= 15 is 0 Å². The molecule has 2 aromatic heterocycles. The van der Waals surface area contributed by atoms with E-state index in [1.165, 1.54) is 12.4 Å². The Labute approximate surface area is 195 Å². The van der Waals surface area contributed by atoms with Crippen molar-refractivity contribution < 1.29 is 19.0 Å². The van der Waals surface area contributed by atoms with Gasteiger partial charge in [0, 0.05) is 38.1 Å². The van der Waals surface area contributed by atoms with Gasteiger partial charge < -0.3 is 19.5 Å². The summed E-state index contributed by atoms with van der Waals surface area (Å²) in [6, 6.07) is 3.85. The number of amides is 1. The van der Waals surface area contributed by atoms with Gasteiger partial charge in [-0.1, -0.05) is 0 Å². The summed E-state index contributed by atoms with van der Waals surface area (Å²) in [7, 11) is 1.58. The lowest BCUT2D eigenvalue weighted by atomic mass is 10.2. The molecule has 1 fully saturated rings. The number of carbonyl (C=O) groups excluding carboxylic acids is 1. The molecule has 4 heterocycles. The van der Waals surface area contributed by atoms with E-state index in [4.69, 9.17) is 19.2 Å². The van der Waals surface area contributed by atoms with Gasteiger partial charge in [0.2, 0.25) is 5.62 Å². The van der Waals surface area contributed by atoms with E-state index in [9.17, 15) is 4.79 Å². The van der Waals surface area contributed by atoms with E-state index in [0.717, 1.165) is 50.5 Å². The molecule has 12 nitrogen and oxygen atoms in total. The number of rotatable bonds is 7. The average Bonchev–Trinajstić information content (AvgIpc) is 3.38. The molecule has 0 bridgehead atoms. The molecule has 1 amide bonds. The zero-order chi connectivity index (χ0) is 23.3. The van der Waals surface area contributed by atoms with Gasteiger partial charge in [0.1, 0.15) is 11.3 Å². The van der Waals surface area contributed by atoms with Crippen molar-refractivity contribution in [1.82, 2.24) is 29.9 Å². The summed E-state index contributed by atoms with van der Waals surface area (Å²) >= 11 is 0. The molecule has 1 N–H and O–H groups in total. The van der Waals surface area contributed by atoms with Crippen molar-refractivity contribution in [2.75, 3.05) is 58.4 Å². The van der Waals surface area contributed by atoms with Crippen molar-refractivity contribution in [1.29, 1.82) is 0 Å². The Morgan fingerprint density at radius 3 is 2.82 bits per heavy atom. The van der Waals surface area contributed by atoms with Gasteiger partial charge in [-0.2, -0.15) is 4.99 Å². The molecular formula is C22H26N8O4. The predicted octanol–water partition coefficient (Wildman–Crippen LogP) is 0.498. The first kappa shape index (κ1) is 22.2. The van der Waals surface area contributed by atoms with Gasteiger partial charge in [0.15, 0.2) is 11.5 Å². The van der Waals surface area contributed by atoms with Crippen molar-refractivity contribution in [2.24, 2.45) is 4.99 Å². The van der Waals surface area contributed by atoms with Crippen LogP contribution in [0.15, 0.2) is 29.5 Å². The van der Waals surface area contributed by atoms with Crippen LogP contribution in [-0.4, -0.2) is 88.9 Å². The SMILES string of the molecule is COc1c(OCCCN2CCOCC2)ccc2c3n(c(=NC(=O)c4cnnnc4)nc12)CCN3. The van der Waals surface area contributed by atoms with E-state index in [-0.39, 0.29) is 11.2 Å². The fraction of sp³-hybridized carbons (Fsp3) is 0.455. The van der Waals surface area contributed by atoms with Crippen LogP contribution in [-0.2, 0) is 11.3 Å². The Bertz CT molecular complexity index is 1240. The van der Waals surface area contributed by atoms with Crippen molar-refractivity contribution in [3.63, 3.8) is 0 Å². The quantitative estimate of drug-likeness (QED) is 0.491. The number of ether oxygens (including phenoxy) is 3. The third-order valence-electron chi connectivity index (χ3n) is 5.83. The Hall–Kier alpha value is -3.64. The largest absolute Gasteiger partial charge is 0.491 e. The average molecular weight is 467 g/mol. The summed E-state index contributed by atoms with van der Waals surface area (Å²) in [5.74, 6) is 1.45. The van der Waals surface area contributed by atoms with Crippen LogP contribution < -0.4 is 20.4 Å². The molecule has 0 unspecified atom stereocenters. The van der Waals surface area contributed by atoms with Crippen LogP contribution in [0.5, 0.6) is 11.5 Å². The number of nitrogens with zero attached hydrogens (tertiary/aromatic N) is 7. The minimum Gasteiger partial charge on any atom is -0.491 e. The maximum atomic E-state index is 12.7. The molecule has 5 rings (SSSR count). The Morgan fingerprint density at radius 2 is 2.03 bits per heavy atom. The molecule has 2 aliphatic rings.